The van der Waals surface area contributed by atoms with E-state index in [0.717, 1.165) is 19.4 Å². The van der Waals surface area contributed by atoms with Crippen molar-refractivity contribution in [2.45, 2.75) is 25.7 Å². The molecule has 0 fully saturated rings. The van der Waals surface area contributed by atoms with Gasteiger partial charge in [-0.05, 0) is 35.2 Å². The lowest BCUT2D eigenvalue weighted by Gasteiger charge is -2.00. The number of hydrogen-bond donors (Lipinski definition) is 1. The Hall–Kier alpha value is -0.310. The molecule has 0 aliphatic carbocycles. The van der Waals surface area contributed by atoms with Gasteiger partial charge in [-0.15, -0.1) is 0 Å². The standard InChI is InChI=1S/C8H12BrNO/c9-7-5-3-1-2-4-6-10-8(7)11/h5H,1-4,6H2,(H,10,11)/b7-5+. The van der Waals surface area contributed by atoms with E-state index in [1.165, 1.54) is 12.8 Å². The first-order valence-corrected chi connectivity index (χ1v) is 4.74. The third-order valence-corrected chi connectivity index (χ3v) is 2.39. The van der Waals surface area contributed by atoms with Crippen molar-refractivity contribution >= 4 is 21.8 Å². The molecule has 62 valence electrons. The number of carbonyl (C=O) groups excluding carboxylic acids is 1. The predicted molar refractivity (Wildman–Crippen MR) is 48.5 cm³/mol. The summed E-state index contributed by atoms with van der Waals surface area (Å²) in [6.07, 6.45) is 6.44. The highest BCUT2D eigenvalue weighted by molar-refractivity contribution is 9.12. The van der Waals surface area contributed by atoms with Crippen molar-refractivity contribution in [3.05, 3.63) is 10.6 Å². The molecule has 1 amide bonds. The number of amides is 1. The topological polar surface area (TPSA) is 29.1 Å². The van der Waals surface area contributed by atoms with Crippen LogP contribution in [0.4, 0.5) is 0 Å². The summed E-state index contributed by atoms with van der Waals surface area (Å²) < 4.78 is 0.680. The number of allylic oxidation sites excluding steroid dienone is 1. The second-order valence-corrected chi connectivity index (χ2v) is 3.51. The van der Waals surface area contributed by atoms with E-state index in [9.17, 15) is 4.79 Å². The first kappa shape index (κ1) is 8.78. The van der Waals surface area contributed by atoms with E-state index >= 15 is 0 Å². The van der Waals surface area contributed by atoms with Gasteiger partial charge in [0.2, 0.25) is 0 Å². The van der Waals surface area contributed by atoms with Crippen molar-refractivity contribution in [1.82, 2.24) is 5.32 Å². The maximum Gasteiger partial charge on any atom is 0.257 e. The van der Waals surface area contributed by atoms with Gasteiger partial charge in [-0.3, -0.25) is 4.79 Å². The fourth-order valence-electron chi connectivity index (χ4n) is 1.05. The fraction of sp³-hybridized carbons (Fsp3) is 0.625. The van der Waals surface area contributed by atoms with Gasteiger partial charge in [-0.1, -0.05) is 12.5 Å². The van der Waals surface area contributed by atoms with Gasteiger partial charge in [-0.2, -0.15) is 0 Å². The second kappa shape index (κ2) is 4.54. The van der Waals surface area contributed by atoms with Crippen molar-refractivity contribution in [2.24, 2.45) is 0 Å². The molecule has 3 heteroatoms. The molecule has 0 saturated carbocycles. The van der Waals surface area contributed by atoms with E-state index in [2.05, 4.69) is 21.2 Å². The molecular formula is C8H12BrNO. The van der Waals surface area contributed by atoms with E-state index in [1.807, 2.05) is 6.08 Å². The average Bonchev–Trinajstić information content (AvgIpc) is 2.07. The highest BCUT2D eigenvalue weighted by Gasteiger charge is 2.05. The molecule has 0 aromatic carbocycles. The molecule has 11 heavy (non-hydrogen) atoms. The van der Waals surface area contributed by atoms with Gasteiger partial charge in [0.1, 0.15) is 0 Å². The summed E-state index contributed by atoms with van der Waals surface area (Å²) in [6, 6.07) is 0. The Morgan fingerprint density at radius 1 is 1.36 bits per heavy atom. The Morgan fingerprint density at radius 3 is 3.00 bits per heavy atom. The minimum atomic E-state index is 0.0203. The van der Waals surface area contributed by atoms with Gasteiger partial charge < -0.3 is 5.32 Å². The molecule has 0 radical (unpaired) electrons. The minimum absolute atomic E-state index is 0.0203. The molecule has 1 rings (SSSR count). The molecule has 0 aromatic rings. The molecule has 1 aliphatic heterocycles. The number of carbonyl (C=O) groups is 1. The average molecular weight is 218 g/mol. The van der Waals surface area contributed by atoms with Crippen molar-refractivity contribution in [2.75, 3.05) is 6.54 Å². The normalized spacial score (nSPS) is 25.5. The van der Waals surface area contributed by atoms with E-state index in [1.54, 1.807) is 0 Å². The smallest absolute Gasteiger partial charge is 0.257 e. The summed E-state index contributed by atoms with van der Waals surface area (Å²) in [5.74, 6) is 0.0203. The van der Waals surface area contributed by atoms with Crippen molar-refractivity contribution < 1.29 is 4.79 Å². The summed E-state index contributed by atoms with van der Waals surface area (Å²) in [5.41, 5.74) is 0. The molecule has 1 aliphatic rings. The summed E-state index contributed by atoms with van der Waals surface area (Å²) in [4.78, 5) is 11.1. The summed E-state index contributed by atoms with van der Waals surface area (Å²) in [5, 5.41) is 2.82. The molecule has 2 nitrogen and oxygen atoms in total. The first-order valence-electron chi connectivity index (χ1n) is 3.94. The second-order valence-electron chi connectivity index (χ2n) is 2.66. The highest BCUT2D eigenvalue weighted by Crippen LogP contribution is 2.11. The Kier molecular flexibility index (Phi) is 3.63. The van der Waals surface area contributed by atoms with Crippen LogP contribution in [0.5, 0.6) is 0 Å². The largest absolute Gasteiger partial charge is 0.352 e. The van der Waals surface area contributed by atoms with E-state index in [0.29, 0.717) is 4.48 Å². The minimum Gasteiger partial charge on any atom is -0.352 e. The molecule has 0 aromatic heterocycles. The van der Waals surface area contributed by atoms with Crippen LogP contribution in [0.15, 0.2) is 10.6 Å². The zero-order chi connectivity index (χ0) is 8.10. The van der Waals surface area contributed by atoms with Crippen molar-refractivity contribution in [3.8, 4) is 0 Å². The Bertz CT molecular complexity index is 177. The van der Waals surface area contributed by atoms with Crippen LogP contribution in [0.25, 0.3) is 0 Å². The number of rotatable bonds is 0. The number of halogens is 1. The van der Waals surface area contributed by atoms with Crippen LogP contribution >= 0.6 is 15.9 Å². The quantitative estimate of drug-likeness (QED) is 0.661. The van der Waals surface area contributed by atoms with Gasteiger partial charge in [0.05, 0.1) is 4.48 Å². The maximum absolute atomic E-state index is 11.1. The predicted octanol–water partition coefficient (Wildman–Crippen LogP) is 1.96. The summed E-state index contributed by atoms with van der Waals surface area (Å²) in [6.45, 7) is 0.807. The monoisotopic (exact) mass is 217 g/mol. The van der Waals surface area contributed by atoms with Crippen LogP contribution < -0.4 is 5.32 Å². The van der Waals surface area contributed by atoms with Crippen LogP contribution in [0, 0.1) is 0 Å². The molecule has 1 N–H and O–H groups in total. The Labute approximate surface area is 75.2 Å². The van der Waals surface area contributed by atoms with Crippen molar-refractivity contribution in [3.63, 3.8) is 0 Å². The number of nitrogens with one attached hydrogen (secondary N) is 1. The van der Waals surface area contributed by atoms with E-state index in [4.69, 9.17) is 0 Å². The van der Waals surface area contributed by atoms with E-state index < -0.39 is 0 Å². The lowest BCUT2D eigenvalue weighted by molar-refractivity contribution is -0.116. The van der Waals surface area contributed by atoms with Crippen LogP contribution in [-0.4, -0.2) is 12.5 Å². The lowest BCUT2D eigenvalue weighted by Crippen LogP contribution is -2.23. The maximum atomic E-state index is 11.1. The zero-order valence-corrected chi connectivity index (χ0v) is 7.99. The van der Waals surface area contributed by atoms with Gasteiger partial charge in [0.25, 0.3) is 5.91 Å². The summed E-state index contributed by atoms with van der Waals surface area (Å²) in [7, 11) is 0. The SMILES string of the molecule is O=C1NCCCCC/C=C\1Br. The van der Waals surface area contributed by atoms with Crippen LogP contribution in [0.1, 0.15) is 25.7 Å². The Morgan fingerprint density at radius 2 is 2.18 bits per heavy atom. The molecule has 0 atom stereocenters. The fourth-order valence-corrected chi connectivity index (χ4v) is 1.42. The first-order chi connectivity index (χ1) is 5.30. The third kappa shape index (κ3) is 3.06. The van der Waals surface area contributed by atoms with Crippen LogP contribution in [0.2, 0.25) is 0 Å². The van der Waals surface area contributed by atoms with Crippen LogP contribution in [-0.2, 0) is 4.79 Å². The van der Waals surface area contributed by atoms with Gasteiger partial charge in [0.15, 0.2) is 0 Å². The zero-order valence-electron chi connectivity index (χ0n) is 6.40. The molecule has 0 spiro atoms. The molecular weight excluding hydrogens is 206 g/mol. The van der Waals surface area contributed by atoms with E-state index in [-0.39, 0.29) is 5.91 Å². The van der Waals surface area contributed by atoms with Gasteiger partial charge in [0, 0.05) is 6.54 Å². The molecule has 1 heterocycles. The van der Waals surface area contributed by atoms with Gasteiger partial charge in [-0.25, -0.2) is 0 Å². The Balaban J connectivity index is 2.51. The lowest BCUT2D eigenvalue weighted by atomic mass is 10.2. The van der Waals surface area contributed by atoms with Crippen molar-refractivity contribution in [1.29, 1.82) is 0 Å². The highest BCUT2D eigenvalue weighted by atomic mass is 79.9. The summed E-state index contributed by atoms with van der Waals surface area (Å²) >= 11 is 3.22. The molecule has 0 bridgehead atoms. The van der Waals surface area contributed by atoms with Gasteiger partial charge >= 0.3 is 0 Å². The number of hydrogen-bond acceptors (Lipinski definition) is 1. The molecule has 0 unspecified atom stereocenters. The molecule has 0 saturated heterocycles. The third-order valence-electron chi connectivity index (χ3n) is 1.71. The van der Waals surface area contributed by atoms with Crippen LogP contribution in [0.3, 0.4) is 0 Å².